The van der Waals surface area contributed by atoms with Crippen molar-refractivity contribution in [1.82, 2.24) is 15.2 Å². The van der Waals surface area contributed by atoms with Crippen LogP contribution in [0.5, 0.6) is 5.75 Å². The van der Waals surface area contributed by atoms with E-state index >= 15 is 0 Å². The summed E-state index contributed by atoms with van der Waals surface area (Å²) in [6.07, 6.45) is -0.581. The third-order valence-corrected chi connectivity index (χ3v) is 7.02. The third-order valence-electron chi connectivity index (χ3n) is 7.02. The summed E-state index contributed by atoms with van der Waals surface area (Å²) in [5.74, 6) is 3.92. The smallest absolute Gasteiger partial charge is 0.458 e. The van der Waals surface area contributed by atoms with Gasteiger partial charge in [-0.05, 0) is 81.2 Å². The molecule has 1 N–H and O–H groups in total. The Bertz CT molecular complexity index is 1390. The lowest BCUT2D eigenvalue weighted by Crippen LogP contribution is -2.48. The molecule has 1 aliphatic carbocycles. The number of likely N-dealkylation sites (tertiary alicyclic amines) is 1. The Labute approximate surface area is 207 Å². The number of alkyl halides is 3. The topological polar surface area (TPSA) is 54.5 Å². The van der Waals surface area contributed by atoms with E-state index in [1.807, 2.05) is 25.1 Å². The molecule has 1 unspecified atom stereocenters. The molecule has 1 saturated carbocycles. The van der Waals surface area contributed by atoms with Gasteiger partial charge in [0.15, 0.2) is 0 Å². The molecule has 0 radical (unpaired) electrons. The zero-order valence-electron chi connectivity index (χ0n) is 20.1. The van der Waals surface area contributed by atoms with Gasteiger partial charge >= 0.3 is 6.18 Å². The van der Waals surface area contributed by atoms with Crippen LogP contribution >= 0.6 is 0 Å². The highest BCUT2D eigenvalue weighted by molar-refractivity contribution is 5.97. The van der Waals surface area contributed by atoms with Crippen LogP contribution in [0.2, 0.25) is 0 Å². The lowest BCUT2D eigenvalue weighted by Gasteiger charge is -2.37. The van der Waals surface area contributed by atoms with E-state index in [1.54, 1.807) is 30.5 Å². The van der Waals surface area contributed by atoms with E-state index < -0.39 is 11.7 Å². The van der Waals surface area contributed by atoms with E-state index in [0.29, 0.717) is 42.3 Å². The second-order valence-electron chi connectivity index (χ2n) is 9.59. The molecule has 1 atom stereocenters. The zero-order valence-corrected chi connectivity index (χ0v) is 20.1. The summed E-state index contributed by atoms with van der Waals surface area (Å²) >= 11 is 0. The Morgan fingerprint density at radius 2 is 2.06 bits per heavy atom. The summed E-state index contributed by atoms with van der Waals surface area (Å²) in [7, 11) is 2.06. The molecule has 36 heavy (non-hydrogen) atoms. The number of likely N-dealkylation sites (N-methyl/N-ethyl adjacent to an activating group) is 1. The van der Waals surface area contributed by atoms with Crippen LogP contribution in [0.25, 0.3) is 10.9 Å². The van der Waals surface area contributed by atoms with Gasteiger partial charge in [-0.25, -0.2) is 0 Å². The molecule has 1 aliphatic heterocycles. The molecule has 1 saturated heterocycles. The van der Waals surface area contributed by atoms with Crippen molar-refractivity contribution in [3.63, 3.8) is 0 Å². The lowest BCUT2D eigenvalue weighted by atomic mass is 9.95. The quantitative estimate of drug-likeness (QED) is 0.494. The number of aryl methyl sites for hydroxylation is 1. The summed E-state index contributed by atoms with van der Waals surface area (Å²) in [6.45, 7) is 3.49. The van der Waals surface area contributed by atoms with Crippen molar-refractivity contribution in [2.75, 3.05) is 20.2 Å². The fraction of sp³-hybridized carbons (Fsp3) is 0.357. The number of carbonyl (C=O) groups excluding carboxylic acids is 1. The van der Waals surface area contributed by atoms with E-state index in [9.17, 15) is 18.0 Å². The highest BCUT2D eigenvalue weighted by atomic mass is 19.4. The molecule has 0 spiro atoms. The largest absolute Gasteiger partial charge is 0.492 e. The van der Waals surface area contributed by atoms with Crippen molar-refractivity contribution in [2.45, 2.75) is 43.9 Å². The number of pyridine rings is 1. The molecule has 2 aliphatic rings. The summed E-state index contributed by atoms with van der Waals surface area (Å²) in [6, 6.07) is 12.7. The minimum Gasteiger partial charge on any atom is -0.492 e. The Balaban J connectivity index is 1.42. The number of aromatic nitrogens is 1. The Morgan fingerprint density at radius 1 is 1.25 bits per heavy atom. The van der Waals surface area contributed by atoms with Crippen molar-refractivity contribution < 1.29 is 22.7 Å². The van der Waals surface area contributed by atoms with E-state index in [0.717, 1.165) is 29.5 Å². The molecule has 0 bridgehead atoms. The molecule has 2 aromatic carbocycles. The predicted molar refractivity (Wildman–Crippen MR) is 131 cm³/mol. The SMILES string of the molecule is Cc1ccc(OCC2CCN2C)cc1C(=O)NC1(c2cc(C#CC(F)(F)F)cc3ncccc23)CC1. The number of carbonyl (C=O) groups is 1. The number of hydrogen-bond acceptors (Lipinski definition) is 4. The number of halogens is 3. The highest BCUT2D eigenvalue weighted by Crippen LogP contribution is 2.48. The number of hydrogen-bond donors (Lipinski definition) is 1. The first-order valence-corrected chi connectivity index (χ1v) is 11.9. The van der Waals surface area contributed by atoms with E-state index in [4.69, 9.17) is 4.74 Å². The molecule has 3 aromatic rings. The van der Waals surface area contributed by atoms with Crippen LogP contribution in [-0.2, 0) is 5.54 Å². The number of amides is 1. The van der Waals surface area contributed by atoms with Gasteiger partial charge in [-0.1, -0.05) is 18.1 Å². The molecular weight excluding hydrogens is 467 g/mol. The monoisotopic (exact) mass is 493 g/mol. The normalized spacial score (nSPS) is 18.6. The van der Waals surface area contributed by atoms with E-state index in [-0.39, 0.29) is 11.5 Å². The maximum Gasteiger partial charge on any atom is 0.458 e. The van der Waals surface area contributed by atoms with Gasteiger partial charge in [0.1, 0.15) is 12.4 Å². The average Bonchev–Trinajstić information content (AvgIpc) is 3.62. The summed E-state index contributed by atoms with van der Waals surface area (Å²) in [5, 5.41) is 3.94. The molecular formula is C28H26F3N3O2. The van der Waals surface area contributed by atoms with Crippen molar-refractivity contribution in [2.24, 2.45) is 0 Å². The fourth-order valence-corrected chi connectivity index (χ4v) is 4.57. The fourth-order valence-electron chi connectivity index (χ4n) is 4.57. The Hall–Kier alpha value is -3.57. The maximum absolute atomic E-state index is 13.4. The number of ether oxygens (including phenoxy) is 1. The molecule has 1 aromatic heterocycles. The second kappa shape index (κ2) is 9.14. The number of rotatable bonds is 6. The van der Waals surface area contributed by atoms with Gasteiger partial charge < -0.3 is 10.1 Å². The molecule has 8 heteroatoms. The van der Waals surface area contributed by atoms with Crippen LogP contribution < -0.4 is 10.1 Å². The summed E-state index contributed by atoms with van der Waals surface area (Å²) in [4.78, 5) is 20.0. The van der Waals surface area contributed by atoms with Gasteiger partial charge in [0.05, 0.1) is 11.1 Å². The number of nitrogens with one attached hydrogen (secondary N) is 1. The standard InChI is InChI=1S/C28H26F3N3O2/c1-18-5-6-21(36-17-20-8-13-34(20)2)16-23(18)26(35)33-27(10-11-27)24-14-19(7-9-28(29,30)31)15-25-22(24)4-3-12-32-25/h3-6,12,14-16,20H,8,10-11,13,17H2,1-2H3,(H,33,35). The third kappa shape index (κ3) is 5.02. The van der Waals surface area contributed by atoms with Crippen LogP contribution in [0.3, 0.4) is 0 Å². The van der Waals surface area contributed by atoms with E-state index in [2.05, 4.69) is 28.2 Å². The Morgan fingerprint density at radius 3 is 2.72 bits per heavy atom. The van der Waals surface area contributed by atoms with Crippen molar-refractivity contribution >= 4 is 16.8 Å². The summed E-state index contributed by atoms with van der Waals surface area (Å²) in [5.41, 5.74) is 2.11. The van der Waals surface area contributed by atoms with Crippen LogP contribution in [0, 0.1) is 18.8 Å². The van der Waals surface area contributed by atoms with Crippen LogP contribution in [0.4, 0.5) is 13.2 Å². The molecule has 5 rings (SSSR count). The number of fused-ring (bicyclic) bond motifs is 1. The number of benzene rings is 2. The van der Waals surface area contributed by atoms with Gasteiger partial charge in [0.25, 0.3) is 5.91 Å². The average molecular weight is 494 g/mol. The molecule has 186 valence electrons. The molecule has 2 fully saturated rings. The van der Waals surface area contributed by atoms with Crippen molar-refractivity contribution in [1.29, 1.82) is 0 Å². The first kappa shape index (κ1) is 24.1. The number of nitrogens with zero attached hydrogens (tertiary/aromatic N) is 2. The highest BCUT2D eigenvalue weighted by Gasteiger charge is 2.47. The Kier molecular flexibility index (Phi) is 6.13. The van der Waals surface area contributed by atoms with Gasteiger partial charge in [0.2, 0.25) is 0 Å². The molecule has 1 amide bonds. The first-order chi connectivity index (χ1) is 17.1. The van der Waals surface area contributed by atoms with Crippen LogP contribution in [0.15, 0.2) is 48.7 Å². The molecule has 2 heterocycles. The van der Waals surface area contributed by atoms with Gasteiger partial charge in [-0.2, -0.15) is 13.2 Å². The van der Waals surface area contributed by atoms with Gasteiger partial charge in [-0.15, -0.1) is 0 Å². The lowest BCUT2D eigenvalue weighted by molar-refractivity contribution is -0.0696. The second-order valence-corrected chi connectivity index (χ2v) is 9.59. The summed E-state index contributed by atoms with van der Waals surface area (Å²) < 4.78 is 44.1. The van der Waals surface area contributed by atoms with E-state index in [1.165, 1.54) is 5.92 Å². The van der Waals surface area contributed by atoms with Crippen molar-refractivity contribution in [3.05, 3.63) is 70.9 Å². The minimum atomic E-state index is -4.59. The first-order valence-electron chi connectivity index (χ1n) is 11.9. The zero-order chi connectivity index (χ0) is 25.5. The van der Waals surface area contributed by atoms with Gasteiger partial charge in [0, 0.05) is 34.7 Å². The van der Waals surface area contributed by atoms with Crippen molar-refractivity contribution in [3.8, 4) is 17.6 Å². The minimum absolute atomic E-state index is 0.210. The van der Waals surface area contributed by atoms with Crippen LogP contribution in [0.1, 0.15) is 46.3 Å². The molecule has 5 nitrogen and oxygen atoms in total. The van der Waals surface area contributed by atoms with Gasteiger partial charge in [-0.3, -0.25) is 14.7 Å². The predicted octanol–water partition coefficient (Wildman–Crippen LogP) is 4.96. The van der Waals surface area contributed by atoms with Crippen LogP contribution in [-0.4, -0.2) is 48.2 Å². The maximum atomic E-state index is 13.4.